The summed E-state index contributed by atoms with van der Waals surface area (Å²) in [7, 11) is -3.76. The number of rotatable bonds is 5. The molecule has 0 aliphatic rings. The van der Waals surface area contributed by atoms with Gasteiger partial charge in [0.2, 0.25) is 7.37 Å². The maximum Gasteiger partial charge on any atom is 0.311 e. The zero-order valence-corrected chi connectivity index (χ0v) is 11.5. The monoisotopic (exact) mass is 291 g/mol. The second-order valence-electron chi connectivity index (χ2n) is 4.40. The molecule has 2 atom stereocenters. The van der Waals surface area contributed by atoms with Crippen LogP contribution in [0.1, 0.15) is 11.5 Å². The maximum absolute atomic E-state index is 12.4. The topological polar surface area (TPSA) is 87.5 Å². The molecular formula is C14H14NO4P. The van der Waals surface area contributed by atoms with Crippen molar-refractivity contribution < 1.29 is 19.4 Å². The van der Waals surface area contributed by atoms with Crippen molar-refractivity contribution in [3.8, 4) is 0 Å². The molecule has 1 aromatic heterocycles. The third-order valence-electron chi connectivity index (χ3n) is 2.98. The van der Waals surface area contributed by atoms with Gasteiger partial charge in [-0.3, -0.25) is 14.3 Å². The van der Waals surface area contributed by atoms with E-state index in [1.54, 1.807) is 36.4 Å². The van der Waals surface area contributed by atoms with Gasteiger partial charge in [0.1, 0.15) is 0 Å². The van der Waals surface area contributed by atoms with Crippen LogP contribution in [0.5, 0.6) is 0 Å². The quantitative estimate of drug-likeness (QED) is 0.821. The number of carboxylic acid groups (broad SMARTS) is 1. The van der Waals surface area contributed by atoms with Crippen LogP contribution in [0, 0.1) is 0 Å². The van der Waals surface area contributed by atoms with Crippen LogP contribution in [0.3, 0.4) is 0 Å². The fraction of sp³-hybridized carbons (Fsp3) is 0.143. The van der Waals surface area contributed by atoms with Gasteiger partial charge in [-0.1, -0.05) is 30.3 Å². The molecule has 6 heteroatoms. The number of benzene rings is 1. The van der Waals surface area contributed by atoms with E-state index in [-0.39, 0.29) is 11.5 Å². The largest absolute Gasteiger partial charge is 0.481 e. The van der Waals surface area contributed by atoms with E-state index in [0.717, 1.165) is 0 Å². The van der Waals surface area contributed by atoms with E-state index in [0.29, 0.717) is 5.56 Å². The van der Waals surface area contributed by atoms with E-state index in [9.17, 15) is 19.4 Å². The molecule has 20 heavy (non-hydrogen) atoms. The van der Waals surface area contributed by atoms with Crippen molar-refractivity contribution in [3.05, 3.63) is 60.4 Å². The number of pyridine rings is 1. The number of carboxylic acids is 1. The first-order valence-electron chi connectivity index (χ1n) is 6.01. The molecule has 0 bridgehead atoms. The minimum atomic E-state index is -3.76. The average molecular weight is 291 g/mol. The summed E-state index contributed by atoms with van der Waals surface area (Å²) < 4.78 is 12.4. The van der Waals surface area contributed by atoms with Gasteiger partial charge in [-0.15, -0.1) is 0 Å². The molecular weight excluding hydrogens is 277 g/mol. The Morgan fingerprint density at radius 2 is 1.90 bits per heavy atom. The first-order valence-corrected chi connectivity index (χ1v) is 7.85. The maximum atomic E-state index is 12.4. The van der Waals surface area contributed by atoms with Crippen LogP contribution in [0.4, 0.5) is 0 Å². The summed E-state index contributed by atoms with van der Waals surface area (Å²) in [5.41, 5.74) is 0.512. The zero-order valence-electron chi connectivity index (χ0n) is 10.6. The molecule has 5 nitrogen and oxygen atoms in total. The van der Waals surface area contributed by atoms with E-state index in [1.165, 1.54) is 18.5 Å². The van der Waals surface area contributed by atoms with Crippen LogP contribution < -0.4 is 5.30 Å². The van der Waals surface area contributed by atoms with Gasteiger partial charge in [0.05, 0.1) is 11.2 Å². The SMILES string of the molecule is O=C(O)C(CP(=O)(O)c1cccnc1)c1ccccc1. The molecule has 104 valence electrons. The Labute approximate surface area is 116 Å². The molecule has 0 aliphatic carbocycles. The van der Waals surface area contributed by atoms with Gasteiger partial charge >= 0.3 is 5.97 Å². The van der Waals surface area contributed by atoms with Crippen molar-refractivity contribution in [2.75, 3.05) is 6.16 Å². The lowest BCUT2D eigenvalue weighted by molar-refractivity contribution is -0.138. The third-order valence-corrected chi connectivity index (χ3v) is 4.91. The molecule has 2 aromatic rings. The fourth-order valence-electron chi connectivity index (χ4n) is 1.92. The molecule has 0 aliphatic heterocycles. The van der Waals surface area contributed by atoms with E-state index < -0.39 is 19.3 Å². The van der Waals surface area contributed by atoms with Gasteiger partial charge in [0.25, 0.3) is 0 Å². The van der Waals surface area contributed by atoms with Crippen LogP contribution in [0.2, 0.25) is 0 Å². The van der Waals surface area contributed by atoms with Gasteiger partial charge in [0.15, 0.2) is 0 Å². The van der Waals surface area contributed by atoms with Gasteiger partial charge in [-0.25, -0.2) is 0 Å². The summed E-state index contributed by atoms with van der Waals surface area (Å²) in [5.74, 6) is -2.14. The van der Waals surface area contributed by atoms with Crippen LogP contribution in [0.25, 0.3) is 0 Å². The van der Waals surface area contributed by atoms with Crippen molar-refractivity contribution in [1.29, 1.82) is 0 Å². The summed E-state index contributed by atoms with van der Waals surface area (Å²) >= 11 is 0. The molecule has 0 fully saturated rings. The number of nitrogens with zero attached hydrogens (tertiary/aromatic N) is 1. The minimum Gasteiger partial charge on any atom is -0.481 e. The van der Waals surface area contributed by atoms with Crippen molar-refractivity contribution in [2.45, 2.75) is 5.92 Å². The van der Waals surface area contributed by atoms with E-state index >= 15 is 0 Å². The molecule has 0 saturated carbocycles. The summed E-state index contributed by atoms with van der Waals surface area (Å²) in [4.78, 5) is 25.3. The van der Waals surface area contributed by atoms with E-state index in [4.69, 9.17) is 0 Å². The van der Waals surface area contributed by atoms with Gasteiger partial charge in [-0.2, -0.15) is 0 Å². The van der Waals surface area contributed by atoms with Crippen molar-refractivity contribution >= 4 is 18.6 Å². The number of aromatic nitrogens is 1. The Balaban J connectivity index is 2.30. The Morgan fingerprint density at radius 1 is 1.20 bits per heavy atom. The Hall–Kier alpha value is -1.97. The third kappa shape index (κ3) is 3.32. The Morgan fingerprint density at radius 3 is 2.45 bits per heavy atom. The Bertz CT molecular complexity index is 630. The molecule has 0 spiro atoms. The van der Waals surface area contributed by atoms with Gasteiger partial charge in [0, 0.05) is 18.6 Å². The van der Waals surface area contributed by atoms with Crippen molar-refractivity contribution in [3.63, 3.8) is 0 Å². The standard InChI is InChI=1S/C14H14NO4P/c16-14(17)13(11-5-2-1-3-6-11)10-20(18,19)12-7-4-8-15-9-12/h1-9,13H,10H2,(H,16,17)(H,18,19). The number of hydrogen-bond donors (Lipinski definition) is 2. The first kappa shape index (κ1) is 14.4. The molecule has 2 N–H and O–H groups in total. The zero-order chi connectivity index (χ0) is 14.6. The van der Waals surface area contributed by atoms with Gasteiger partial charge < -0.3 is 10.00 Å². The van der Waals surface area contributed by atoms with Crippen LogP contribution >= 0.6 is 7.37 Å². The summed E-state index contributed by atoms with van der Waals surface area (Å²) in [5, 5.41) is 9.46. The normalized spacial score (nSPS) is 15.2. The van der Waals surface area contributed by atoms with Crippen LogP contribution in [-0.2, 0) is 9.36 Å². The van der Waals surface area contributed by atoms with Crippen molar-refractivity contribution in [1.82, 2.24) is 4.98 Å². The van der Waals surface area contributed by atoms with E-state index in [2.05, 4.69) is 4.98 Å². The molecule has 2 rings (SSSR count). The lowest BCUT2D eigenvalue weighted by Gasteiger charge is -2.17. The lowest BCUT2D eigenvalue weighted by Crippen LogP contribution is -2.19. The average Bonchev–Trinajstić information content (AvgIpc) is 2.46. The first-order chi connectivity index (χ1) is 9.50. The molecule has 0 amide bonds. The summed E-state index contributed by atoms with van der Waals surface area (Å²) in [6.07, 6.45) is 2.44. The highest BCUT2D eigenvalue weighted by Gasteiger charge is 2.31. The van der Waals surface area contributed by atoms with Gasteiger partial charge in [-0.05, 0) is 17.7 Å². The molecule has 1 aromatic carbocycles. The predicted molar refractivity (Wildman–Crippen MR) is 75.4 cm³/mol. The highest BCUT2D eigenvalue weighted by molar-refractivity contribution is 7.66. The molecule has 0 saturated heterocycles. The predicted octanol–water partition coefficient (Wildman–Crippen LogP) is 1.85. The number of carbonyl (C=O) groups is 1. The minimum absolute atomic E-state index is 0.169. The summed E-state index contributed by atoms with van der Waals surface area (Å²) in [6, 6.07) is 11.5. The Kier molecular flexibility index (Phi) is 4.32. The highest BCUT2D eigenvalue weighted by Crippen LogP contribution is 2.43. The summed E-state index contributed by atoms with van der Waals surface area (Å²) in [6.45, 7) is 0. The van der Waals surface area contributed by atoms with Crippen LogP contribution in [-0.4, -0.2) is 27.1 Å². The highest BCUT2D eigenvalue weighted by atomic mass is 31.2. The van der Waals surface area contributed by atoms with Crippen molar-refractivity contribution in [2.24, 2.45) is 0 Å². The second-order valence-corrected chi connectivity index (χ2v) is 6.68. The number of hydrogen-bond acceptors (Lipinski definition) is 3. The molecule has 0 radical (unpaired) electrons. The van der Waals surface area contributed by atoms with Crippen LogP contribution in [0.15, 0.2) is 54.9 Å². The lowest BCUT2D eigenvalue weighted by atomic mass is 10.0. The molecule has 1 heterocycles. The molecule has 2 unspecified atom stereocenters. The second kappa shape index (κ2) is 5.99. The number of aliphatic carboxylic acids is 1. The fourth-order valence-corrected chi connectivity index (χ4v) is 3.56. The smallest absolute Gasteiger partial charge is 0.311 e. The van der Waals surface area contributed by atoms with E-state index in [1.807, 2.05) is 0 Å².